The van der Waals surface area contributed by atoms with Gasteiger partial charge in [-0.3, -0.25) is 9.36 Å². The van der Waals surface area contributed by atoms with E-state index in [0.29, 0.717) is 6.42 Å². The van der Waals surface area contributed by atoms with Crippen molar-refractivity contribution in [3.05, 3.63) is 72.1 Å². The van der Waals surface area contributed by atoms with Crippen LogP contribution in [0.2, 0.25) is 0 Å². The van der Waals surface area contributed by atoms with E-state index in [9.17, 15) is 4.79 Å². The van der Waals surface area contributed by atoms with E-state index >= 15 is 0 Å². The number of benzene rings is 2. The van der Waals surface area contributed by atoms with Gasteiger partial charge in [0.15, 0.2) is 5.16 Å². The molecule has 0 radical (unpaired) electrons. The van der Waals surface area contributed by atoms with Crippen molar-refractivity contribution in [1.29, 1.82) is 0 Å². The zero-order chi connectivity index (χ0) is 22.4. The quantitative estimate of drug-likeness (QED) is 0.248. The summed E-state index contributed by atoms with van der Waals surface area (Å²) in [5.74, 6) is 2.02. The van der Waals surface area contributed by atoms with Crippen LogP contribution in [0.3, 0.4) is 0 Å². The molecule has 0 unspecified atom stereocenters. The van der Waals surface area contributed by atoms with Crippen molar-refractivity contribution in [2.45, 2.75) is 63.4 Å². The van der Waals surface area contributed by atoms with E-state index in [1.54, 1.807) is 11.8 Å². The summed E-state index contributed by atoms with van der Waals surface area (Å²) in [6.45, 7) is 3.00. The zero-order valence-corrected chi connectivity index (χ0v) is 19.8. The number of unbranched alkanes of at least 4 members (excludes halogenated alkanes) is 4. The molecule has 170 valence electrons. The lowest BCUT2D eigenvalue weighted by Gasteiger charge is -2.10. The van der Waals surface area contributed by atoms with Crippen LogP contribution in [0.15, 0.2) is 65.8 Å². The third kappa shape index (κ3) is 7.83. The molecular formula is C26H34N4OS. The molecular weight excluding hydrogens is 416 g/mol. The first-order valence-electron chi connectivity index (χ1n) is 11.7. The maximum atomic E-state index is 12.0. The summed E-state index contributed by atoms with van der Waals surface area (Å²) in [7, 11) is 0. The molecule has 0 saturated carbocycles. The normalized spacial score (nSPS) is 10.9. The third-order valence-electron chi connectivity index (χ3n) is 5.30. The van der Waals surface area contributed by atoms with Gasteiger partial charge >= 0.3 is 0 Å². The Kier molecular flexibility index (Phi) is 10.3. The molecule has 0 fully saturated rings. The number of rotatable bonds is 14. The Morgan fingerprint density at radius 3 is 2.41 bits per heavy atom. The number of nitrogens with one attached hydrogen (secondary N) is 1. The van der Waals surface area contributed by atoms with Gasteiger partial charge in [-0.05, 0) is 37.0 Å². The van der Waals surface area contributed by atoms with Crippen molar-refractivity contribution in [3.8, 4) is 5.69 Å². The summed E-state index contributed by atoms with van der Waals surface area (Å²) in [5.41, 5.74) is 2.29. The number of hydrogen-bond donors (Lipinski definition) is 1. The molecule has 3 aromatic rings. The molecule has 2 aromatic carbocycles. The maximum absolute atomic E-state index is 12.0. The van der Waals surface area contributed by atoms with Crippen molar-refractivity contribution >= 4 is 17.7 Å². The van der Waals surface area contributed by atoms with Gasteiger partial charge in [-0.25, -0.2) is 0 Å². The minimum absolute atomic E-state index is 0.170. The summed E-state index contributed by atoms with van der Waals surface area (Å²) >= 11 is 1.71. The van der Waals surface area contributed by atoms with Gasteiger partial charge in [-0.2, -0.15) is 0 Å². The lowest BCUT2D eigenvalue weighted by Crippen LogP contribution is -2.24. The van der Waals surface area contributed by atoms with E-state index in [1.165, 1.54) is 24.8 Å². The maximum Gasteiger partial charge on any atom is 0.219 e. The molecule has 0 aliphatic carbocycles. The van der Waals surface area contributed by atoms with Crippen molar-refractivity contribution in [3.63, 3.8) is 0 Å². The van der Waals surface area contributed by atoms with E-state index in [-0.39, 0.29) is 5.91 Å². The Bertz CT molecular complexity index is 928. The lowest BCUT2D eigenvalue weighted by atomic mass is 10.1. The number of nitrogens with zero attached hydrogens (tertiary/aromatic N) is 3. The number of amides is 1. The number of aromatic nitrogens is 3. The summed E-state index contributed by atoms with van der Waals surface area (Å²) in [4.78, 5) is 12.0. The van der Waals surface area contributed by atoms with Crippen LogP contribution >= 0.6 is 11.8 Å². The van der Waals surface area contributed by atoms with E-state index in [1.807, 2.05) is 24.3 Å². The van der Waals surface area contributed by atoms with Crippen molar-refractivity contribution in [1.82, 2.24) is 20.1 Å². The Labute approximate surface area is 196 Å². The van der Waals surface area contributed by atoms with E-state index in [4.69, 9.17) is 0 Å². The highest BCUT2D eigenvalue weighted by atomic mass is 32.2. The fourth-order valence-electron chi connectivity index (χ4n) is 3.54. The van der Waals surface area contributed by atoms with Gasteiger partial charge in [0.1, 0.15) is 5.82 Å². The number of thioether (sulfide) groups is 1. The highest BCUT2D eigenvalue weighted by Gasteiger charge is 2.14. The van der Waals surface area contributed by atoms with Gasteiger partial charge in [0.2, 0.25) is 5.91 Å². The standard InChI is InChI=1S/C26H34N4OS/c1-2-3-4-12-19-27-25(31)18-11-13-20-32-26-29-28-24(21-22-14-7-5-8-15-22)30(26)23-16-9-6-10-17-23/h5-10,14-17H,2-4,11-13,18-21H2,1H3,(H,27,31). The van der Waals surface area contributed by atoms with Crippen LogP contribution in [-0.2, 0) is 11.2 Å². The molecule has 0 bridgehead atoms. The van der Waals surface area contributed by atoms with Crippen LogP contribution in [0.25, 0.3) is 5.69 Å². The lowest BCUT2D eigenvalue weighted by molar-refractivity contribution is -0.121. The molecule has 1 N–H and O–H groups in total. The molecule has 0 saturated heterocycles. The summed E-state index contributed by atoms with van der Waals surface area (Å²) in [6, 6.07) is 20.6. The highest BCUT2D eigenvalue weighted by Crippen LogP contribution is 2.24. The largest absolute Gasteiger partial charge is 0.356 e. The predicted octanol–water partition coefficient (Wildman–Crippen LogP) is 5.82. The molecule has 32 heavy (non-hydrogen) atoms. The number of hydrogen-bond acceptors (Lipinski definition) is 4. The molecule has 6 heteroatoms. The van der Waals surface area contributed by atoms with Crippen LogP contribution in [0.4, 0.5) is 0 Å². The van der Waals surface area contributed by atoms with Crippen LogP contribution in [0.5, 0.6) is 0 Å². The van der Waals surface area contributed by atoms with Crippen LogP contribution in [0.1, 0.15) is 63.3 Å². The molecule has 5 nitrogen and oxygen atoms in total. The molecule has 1 amide bonds. The Morgan fingerprint density at radius 1 is 0.906 bits per heavy atom. The molecule has 1 heterocycles. The topological polar surface area (TPSA) is 59.8 Å². The minimum atomic E-state index is 0.170. The predicted molar refractivity (Wildman–Crippen MR) is 132 cm³/mol. The van der Waals surface area contributed by atoms with Crippen LogP contribution in [0, 0.1) is 0 Å². The fraction of sp³-hybridized carbons (Fsp3) is 0.423. The van der Waals surface area contributed by atoms with Gasteiger partial charge in [-0.1, -0.05) is 86.5 Å². The van der Waals surface area contributed by atoms with Crippen LogP contribution in [-0.4, -0.2) is 33.0 Å². The van der Waals surface area contributed by atoms with Gasteiger partial charge in [0.25, 0.3) is 0 Å². The first kappa shape index (κ1) is 24.1. The van der Waals surface area contributed by atoms with E-state index in [0.717, 1.165) is 54.6 Å². The van der Waals surface area contributed by atoms with Crippen LogP contribution < -0.4 is 5.32 Å². The SMILES string of the molecule is CCCCCCNC(=O)CCCCSc1nnc(Cc2ccccc2)n1-c1ccccc1. The first-order chi connectivity index (χ1) is 15.8. The molecule has 0 spiro atoms. The van der Waals surface area contributed by atoms with E-state index < -0.39 is 0 Å². The zero-order valence-electron chi connectivity index (χ0n) is 19.0. The summed E-state index contributed by atoms with van der Waals surface area (Å²) < 4.78 is 2.15. The second kappa shape index (κ2) is 13.7. The smallest absolute Gasteiger partial charge is 0.219 e. The summed E-state index contributed by atoms with van der Waals surface area (Å²) in [5, 5.41) is 12.9. The molecule has 1 aromatic heterocycles. The Balaban J connectivity index is 1.50. The van der Waals surface area contributed by atoms with Gasteiger partial charge in [-0.15, -0.1) is 10.2 Å². The molecule has 0 aliphatic heterocycles. The first-order valence-corrected chi connectivity index (χ1v) is 12.7. The van der Waals surface area contributed by atoms with Gasteiger partial charge in [0, 0.05) is 30.8 Å². The molecule has 0 aliphatic rings. The second-order valence-electron chi connectivity index (χ2n) is 7.95. The van der Waals surface area contributed by atoms with Gasteiger partial charge < -0.3 is 5.32 Å². The molecule has 0 atom stereocenters. The second-order valence-corrected chi connectivity index (χ2v) is 9.01. The average molecular weight is 451 g/mol. The highest BCUT2D eigenvalue weighted by molar-refractivity contribution is 7.99. The van der Waals surface area contributed by atoms with Crippen molar-refractivity contribution in [2.24, 2.45) is 0 Å². The fourth-order valence-corrected chi connectivity index (χ4v) is 4.51. The molecule has 3 rings (SSSR count). The number of para-hydroxylation sites is 1. The van der Waals surface area contributed by atoms with Crippen molar-refractivity contribution in [2.75, 3.05) is 12.3 Å². The minimum Gasteiger partial charge on any atom is -0.356 e. The van der Waals surface area contributed by atoms with Crippen molar-refractivity contribution < 1.29 is 4.79 Å². The average Bonchev–Trinajstić information content (AvgIpc) is 3.22. The number of carbonyl (C=O) groups is 1. The monoisotopic (exact) mass is 450 g/mol. The third-order valence-corrected chi connectivity index (χ3v) is 6.32. The summed E-state index contributed by atoms with van der Waals surface area (Å²) in [6.07, 6.45) is 7.94. The van der Waals surface area contributed by atoms with Gasteiger partial charge in [0.05, 0.1) is 0 Å². The number of carbonyl (C=O) groups excluding carboxylic acids is 1. The Hall–Kier alpha value is -2.60. The Morgan fingerprint density at radius 2 is 1.66 bits per heavy atom. The van der Waals surface area contributed by atoms with E-state index in [2.05, 4.69) is 63.4 Å².